The summed E-state index contributed by atoms with van der Waals surface area (Å²) in [4.78, 5) is 4.29. The van der Waals surface area contributed by atoms with Crippen LogP contribution in [-0.4, -0.2) is 39.5 Å². The molecule has 2 N–H and O–H groups in total. The van der Waals surface area contributed by atoms with Crippen LogP contribution < -0.4 is 24.8 Å². The first-order chi connectivity index (χ1) is 13.6. The number of aromatic nitrogens is 1. The van der Waals surface area contributed by atoms with Crippen LogP contribution in [-0.2, 0) is 25.9 Å². The van der Waals surface area contributed by atoms with E-state index in [2.05, 4.69) is 34.6 Å². The fourth-order valence-electron chi connectivity index (χ4n) is 3.01. The van der Waals surface area contributed by atoms with Crippen molar-refractivity contribution >= 4 is 5.96 Å². The summed E-state index contributed by atoms with van der Waals surface area (Å²) >= 11 is 0. The average molecular weight is 390 g/mol. The molecule has 0 radical (unpaired) electrons. The van der Waals surface area contributed by atoms with Gasteiger partial charge in [-0.15, -0.1) is 0 Å². The van der Waals surface area contributed by atoms with E-state index in [1.807, 2.05) is 12.1 Å². The van der Waals surface area contributed by atoms with Crippen molar-refractivity contribution < 1.29 is 18.7 Å². The van der Waals surface area contributed by atoms with Gasteiger partial charge in [0.1, 0.15) is 5.76 Å². The van der Waals surface area contributed by atoms with Crippen LogP contribution in [0, 0.1) is 0 Å². The molecular weight excluding hydrogens is 360 g/mol. The molecule has 1 aromatic carbocycles. The molecule has 28 heavy (non-hydrogen) atoms. The van der Waals surface area contributed by atoms with E-state index in [1.165, 1.54) is 0 Å². The number of nitrogens with zero attached hydrogens (tertiary/aromatic N) is 2. The molecule has 0 bridgehead atoms. The number of guanidine groups is 1. The number of aryl methyl sites for hydroxylation is 2. The first kappa shape index (κ1) is 21.4. The lowest BCUT2D eigenvalue weighted by molar-refractivity contribution is 0.322. The van der Waals surface area contributed by atoms with Gasteiger partial charge in [0.05, 0.1) is 27.0 Å². The van der Waals surface area contributed by atoms with Gasteiger partial charge >= 0.3 is 0 Å². The molecule has 0 aliphatic rings. The summed E-state index contributed by atoms with van der Waals surface area (Å²) in [5.41, 5.74) is 2.99. The van der Waals surface area contributed by atoms with Gasteiger partial charge in [0.15, 0.2) is 17.5 Å². The molecule has 1 heterocycles. The second-order valence-electron chi connectivity index (χ2n) is 6.01. The van der Waals surface area contributed by atoms with Gasteiger partial charge in [-0.1, -0.05) is 19.0 Å². The quantitative estimate of drug-likeness (QED) is 0.502. The first-order valence-electron chi connectivity index (χ1n) is 9.31. The predicted octanol–water partition coefficient (Wildman–Crippen LogP) is 2.69. The third kappa shape index (κ3) is 4.68. The van der Waals surface area contributed by atoms with E-state index in [1.54, 1.807) is 28.4 Å². The zero-order valence-electron chi connectivity index (χ0n) is 17.5. The molecule has 0 fully saturated rings. The van der Waals surface area contributed by atoms with Crippen LogP contribution in [0.3, 0.4) is 0 Å². The Labute approximate surface area is 166 Å². The normalized spacial score (nSPS) is 11.3. The summed E-state index contributed by atoms with van der Waals surface area (Å²) in [6.07, 6.45) is 1.63. The Kier molecular flexibility index (Phi) is 7.98. The monoisotopic (exact) mass is 390 g/mol. The summed E-state index contributed by atoms with van der Waals surface area (Å²) in [7, 11) is 6.53. The summed E-state index contributed by atoms with van der Waals surface area (Å²) < 4.78 is 21.7. The van der Waals surface area contributed by atoms with Crippen molar-refractivity contribution in [3.05, 3.63) is 34.7 Å². The van der Waals surface area contributed by atoms with Gasteiger partial charge in [-0.05, 0) is 18.6 Å². The molecular formula is C20H30N4O4. The van der Waals surface area contributed by atoms with Crippen molar-refractivity contribution in [2.24, 2.45) is 4.99 Å². The molecule has 0 spiro atoms. The van der Waals surface area contributed by atoms with Crippen molar-refractivity contribution in [2.45, 2.75) is 39.8 Å². The molecule has 0 unspecified atom stereocenters. The molecule has 0 saturated heterocycles. The van der Waals surface area contributed by atoms with Gasteiger partial charge in [0.25, 0.3) is 0 Å². The Balaban J connectivity index is 2.08. The molecule has 0 saturated carbocycles. The Morgan fingerprint density at radius 1 is 1.00 bits per heavy atom. The summed E-state index contributed by atoms with van der Waals surface area (Å²) in [6.45, 7) is 5.23. The third-order valence-electron chi connectivity index (χ3n) is 4.50. The Bertz CT molecular complexity index is 780. The number of aliphatic imine (C=N–C) groups is 1. The third-order valence-corrected chi connectivity index (χ3v) is 4.50. The Morgan fingerprint density at radius 3 is 2.29 bits per heavy atom. The molecule has 0 atom stereocenters. The lowest BCUT2D eigenvalue weighted by Gasteiger charge is -2.17. The first-order valence-corrected chi connectivity index (χ1v) is 9.31. The molecule has 2 rings (SSSR count). The molecule has 0 amide bonds. The number of hydrogen-bond acceptors (Lipinski definition) is 6. The largest absolute Gasteiger partial charge is 0.493 e. The maximum absolute atomic E-state index is 5.53. The number of methoxy groups -OCH3 is 3. The van der Waals surface area contributed by atoms with Crippen LogP contribution in [0.4, 0.5) is 0 Å². The second kappa shape index (κ2) is 10.4. The van der Waals surface area contributed by atoms with E-state index in [0.29, 0.717) is 36.3 Å². The van der Waals surface area contributed by atoms with Crippen LogP contribution >= 0.6 is 0 Å². The highest BCUT2D eigenvalue weighted by Gasteiger charge is 2.17. The van der Waals surface area contributed by atoms with E-state index in [9.17, 15) is 0 Å². The van der Waals surface area contributed by atoms with E-state index in [-0.39, 0.29) is 0 Å². The highest BCUT2D eigenvalue weighted by atomic mass is 16.5. The van der Waals surface area contributed by atoms with E-state index in [0.717, 1.165) is 35.4 Å². The number of hydrogen-bond donors (Lipinski definition) is 2. The molecule has 8 heteroatoms. The highest BCUT2D eigenvalue weighted by molar-refractivity contribution is 5.79. The van der Waals surface area contributed by atoms with Gasteiger partial charge in [0, 0.05) is 37.7 Å². The minimum atomic E-state index is 0.508. The molecule has 1 aromatic heterocycles. The summed E-state index contributed by atoms with van der Waals surface area (Å²) in [6, 6.07) is 3.79. The Hall–Kier alpha value is -2.90. The topological polar surface area (TPSA) is 90.1 Å². The summed E-state index contributed by atoms with van der Waals surface area (Å²) in [5.74, 6) is 3.39. The molecule has 0 aliphatic carbocycles. The van der Waals surface area contributed by atoms with Crippen molar-refractivity contribution in [1.82, 2.24) is 15.8 Å². The van der Waals surface area contributed by atoms with Gasteiger partial charge in [-0.3, -0.25) is 4.99 Å². The number of ether oxygens (including phenoxy) is 3. The Morgan fingerprint density at radius 2 is 1.71 bits per heavy atom. The average Bonchev–Trinajstić information content (AvgIpc) is 3.14. The van der Waals surface area contributed by atoms with Crippen LogP contribution in [0.5, 0.6) is 17.2 Å². The zero-order chi connectivity index (χ0) is 20.5. The van der Waals surface area contributed by atoms with Crippen molar-refractivity contribution in [2.75, 3.05) is 28.4 Å². The van der Waals surface area contributed by atoms with E-state index in [4.69, 9.17) is 18.7 Å². The molecule has 154 valence electrons. The maximum atomic E-state index is 5.53. The van der Waals surface area contributed by atoms with Crippen LogP contribution in [0.2, 0.25) is 0 Å². The smallest absolute Gasteiger partial charge is 0.203 e. The highest BCUT2D eigenvalue weighted by Crippen LogP contribution is 2.39. The maximum Gasteiger partial charge on any atom is 0.203 e. The van der Waals surface area contributed by atoms with Gasteiger partial charge in [-0.25, -0.2) is 0 Å². The lowest BCUT2D eigenvalue weighted by atomic mass is 10.1. The standard InChI is InChI=1S/C20H30N4O4/c1-7-15-14(16(8-2)28-24-15)12-23-20(21-3)22-11-13-9-10-17(25-4)19(27-6)18(13)26-5/h9-10H,7-8,11-12H2,1-6H3,(H2,21,22,23). The predicted molar refractivity (Wildman–Crippen MR) is 108 cm³/mol. The molecule has 8 nitrogen and oxygen atoms in total. The SMILES string of the molecule is CCc1noc(CC)c1CNC(=NC)NCc1ccc(OC)c(OC)c1OC. The fraction of sp³-hybridized carbons (Fsp3) is 0.500. The van der Waals surface area contributed by atoms with E-state index < -0.39 is 0 Å². The number of benzene rings is 1. The molecule has 2 aromatic rings. The van der Waals surface area contributed by atoms with Crippen LogP contribution in [0.1, 0.15) is 36.4 Å². The second-order valence-corrected chi connectivity index (χ2v) is 6.01. The fourth-order valence-corrected chi connectivity index (χ4v) is 3.01. The van der Waals surface area contributed by atoms with Gasteiger partial charge in [-0.2, -0.15) is 0 Å². The number of rotatable bonds is 9. The zero-order valence-corrected chi connectivity index (χ0v) is 17.5. The van der Waals surface area contributed by atoms with Gasteiger partial charge in [0.2, 0.25) is 5.75 Å². The van der Waals surface area contributed by atoms with Crippen LogP contribution in [0.25, 0.3) is 0 Å². The minimum absolute atomic E-state index is 0.508. The van der Waals surface area contributed by atoms with Crippen molar-refractivity contribution in [3.63, 3.8) is 0 Å². The summed E-state index contributed by atoms with van der Waals surface area (Å²) in [5, 5.41) is 10.8. The van der Waals surface area contributed by atoms with Gasteiger partial charge < -0.3 is 29.4 Å². The van der Waals surface area contributed by atoms with E-state index >= 15 is 0 Å². The minimum Gasteiger partial charge on any atom is -0.493 e. The lowest BCUT2D eigenvalue weighted by Crippen LogP contribution is -2.36. The molecule has 0 aliphatic heterocycles. The van der Waals surface area contributed by atoms with Crippen LogP contribution in [0.15, 0.2) is 21.6 Å². The van der Waals surface area contributed by atoms with Crippen molar-refractivity contribution in [3.8, 4) is 17.2 Å². The number of nitrogens with one attached hydrogen (secondary N) is 2. The van der Waals surface area contributed by atoms with Crippen molar-refractivity contribution in [1.29, 1.82) is 0 Å².